The fourth-order valence-electron chi connectivity index (χ4n) is 1.39. The van der Waals surface area contributed by atoms with Gasteiger partial charge in [0, 0.05) is 32.4 Å². The second kappa shape index (κ2) is 6.66. The van der Waals surface area contributed by atoms with Crippen LogP contribution >= 0.6 is 0 Å². The van der Waals surface area contributed by atoms with Gasteiger partial charge in [-0.25, -0.2) is 0 Å². The summed E-state index contributed by atoms with van der Waals surface area (Å²) in [6.45, 7) is 8.88. The highest BCUT2D eigenvalue weighted by Gasteiger charge is 2.04. The van der Waals surface area contributed by atoms with Crippen LogP contribution in [0.3, 0.4) is 0 Å². The van der Waals surface area contributed by atoms with Crippen LogP contribution in [0.15, 0.2) is 12.3 Å². The number of aromatic nitrogens is 2. The third-order valence-corrected chi connectivity index (χ3v) is 2.37. The summed E-state index contributed by atoms with van der Waals surface area (Å²) in [6.07, 6.45) is 1.82. The first-order valence-corrected chi connectivity index (χ1v) is 5.87. The number of hydrogen-bond acceptors (Lipinski definition) is 3. The van der Waals surface area contributed by atoms with E-state index < -0.39 is 0 Å². The smallest absolute Gasteiger partial charge is 0.0617 e. The first-order valence-electron chi connectivity index (χ1n) is 5.87. The van der Waals surface area contributed by atoms with Gasteiger partial charge in [0.2, 0.25) is 0 Å². The molecule has 0 fully saturated rings. The van der Waals surface area contributed by atoms with Gasteiger partial charge in [0.15, 0.2) is 0 Å². The van der Waals surface area contributed by atoms with Crippen LogP contribution in [0.5, 0.6) is 0 Å². The quantitative estimate of drug-likeness (QED) is 0.765. The van der Waals surface area contributed by atoms with E-state index in [2.05, 4.69) is 31.2 Å². The van der Waals surface area contributed by atoms with Crippen LogP contribution in [-0.2, 0) is 18.3 Å². The molecule has 1 unspecified atom stereocenters. The van der Waals surface area contributed by atoms with Gasteiger partial charge < -0.3 is 10.1 Å². The lowest BCUT2D eigenvalue weighted by Gasteiger charge is -2.15. The van der Waals surface area contributed by atoms with Crippen LogP contribution in [0.2, 0.25) is 0 Å². The highest BCUT2D eigenvalue weighted by Crippen LogP contribution is 1.97. The Morgan fingerprint density at radius 2 is 2.12 bits per heavy atom. The minimum Gasteiger partial charge on any atom is -0.380 e. The van der Waals surface area contributed by atoms with E-state index in [9.17, 15) is 0 Å². The van der Waals surface area contributed by atoms with Gasteiger partial charge in [0.25, 0.3) is 0 Å². The van der Waals surface area contributed by atoms with E-state index in [-0.39, 0.29) is 0 Å². The van der Waals surface area contributed by atoms with Crippen molar-refractivity contribution in [2.45, 2.75) is 33.4 Å². The molecule has 0 spiro atoms. The van der Waals surface area contributed by atoms with Crippen molar-refractivity contribution in [1.29, 1.82) is 0 Å². The van der Waals surface area contributed by atoms with Crippen molar-refractivity contribution in [3.8, 4) is 0 Å². The van der Waals surface area contributed by atoms with Gasteiger partial charge in [0.1, 0.15) is 0 Å². The van der Waals surface area contributed by atoms with Gasteiger partial charge >= 0.3 is 0 Å². The Morgan fingerprint density at radius 3 is 2.69 bits per heavy atom. The zero-order chi connectivity index (χ0) is 12.0. The molecule has 0 aliphatic rings. The summed E-state index contributed by atoms with van der Waals surface area (Å²) in [7, 11) is 1.96. The third-order valence-electron chi connectivity index (χ3n) is 2.37. The molecule has 0 aliphatic heterocycles. The number of nitrogens with zero attached hydrogens (tertiary/aromatic N) is 2. The minimum absolute atomic E-state index is 0.369. The molecule has 1 N–H and O–H groups in total. The Bertz CT molecular complexity index is 296. The molecule has 4 heteroatoms. The van der Waals surface area contributed by atoms with Crippen molar-refractivity contribution in [3.05, 3.63) is 18.0 Å². The van der Waals surface area contributed by atoms with Crippen molar-refractivity contribution in [3.63, 3.8) is 0 Å². The first kappa shape index (κ1) is 13.2. The number of aryl methyl sites for hydroxylation is 1. The third kappa shape index (κ3) is 4.77. The molecule has 16 heavy (non-hydrogen) atoms. The zero-order valence-corrected chi connectivity index (χ0v) is 10.7. The molecule has 0 radical (unpaired) electrons. The second-order valence-corrected chi connectivity index (χ2v) is 4.66. The van der Waals surface area contributed by atoms with Gasteiger partial charge in [-0.3, -0.25) is 4.68 Å². The molecule has 1 aromatic heterocycles. The summed E-state index contributed by atoms with van der Waals surface area (Å²) < 4.78 is 7.46. The van der Waals surface area contributed by atoms with Crippen molar-refractivity contribution < 1.29 is 4.74 Å². The molecule has 0 aliphatic carbocycles. The van der Waals surface area contributed by atoms with Crippen molar-refractivity contribution in [2.24, 2.45) is 13.0 Å². The summed E-state index contributed by atoms with van der Waals surface area (Å²) >= 11 is 0. The Kier molecular flexibility index (Phi) is 5.49. The largest absolute Gasteiger partial charge is 0.380 e. The summed E-state index contributed by atoms with van der Waals surface area (Å²) in [5, 5.41) is 7.54. The van der Waals surface area contributed by atoms with Crippen molar-refractivity contribution >= 4 is 0 Å². The maximum Gasteiger partial charge on any atom is 0.0617 e. The van der Waals surface area contributed by atoms with E-state index in [1.807, 2.05) is 24.0 Å². The summed E-state index contributed by atoms with van der Waals surface area (Å²) in [5.41, 5.74) is 1.19. The van der Waals surface area contributed by atoms with Gasteiger partial charge in [0.05, 0.1) is 12.3 Å². The maximum atomic E-state index is 5.57. The van der Waals surface area contributed by atoms with E-state index in [1.165, 1.54) is 5.69 Å². The molecule has 92 valence electrons. The predicted octanol–water partition coefficient (Wildman–Crippen LogP) is 1.57. The lowest BCUT2D eigenvalue weighted by Crippen LogP contribution is -2.31. The van der Waals surface area contributed by atoms with E-state index in [1.54, 1.807) is 0 Å². The molecule has 1 aromatic rings. The average molecular weight is 225 g/mol. The molecule has 1 atom stereocenters. The minimum atomic E-state index is 0.369. The summed E-state index contributed by atoms with van der Waals surface area (Å²) in [6, 6.07) is 2.39. The van der Waals surface area contributed by atoms with Gasteiger partial charge in [-0.2, -0.15) is 5.10 Å². The molecule has 0 bridgehead atoms. The Morgan fingerprint density at radius 1 is 1.38 bits per heavy atom. The highest BCUT2D eigenvalue weighted by atomic mass is 16.5. The Hall–Kier alpha value is -0.870. The molecule has 4 nitrogen and oxygen atoms in total. The summed E-state index contributed by atoms with van der Waals surface area (Å²) in [4.78, 5) is 0. The lowest BCUT2D eigenvalue weighted by atomic mass is 10.2. The monoisotopic (exact) mass is 225 g/mol. The van der Waals surface area contributed by atoms with Crippen LogP contribution in [0.25, 0.3) is 0 Å². The van der Waals surface area contributed by atoms with E-state index in [0.717, 1.165) is 19.8 Å². The van der Waals surface area contributed by atoms with Crippen molar-refractivity contribution in [1.82, 2.24) is 15.1 Å². The van der Waals surface area contributed by atoms with Gasteiger partial charge in [-0.1, -0.05) is 13.8 Å². The van der Waals surface area contributed by atoms with Crippen LogP contribution < -0.4 is 5.32 Å². The van der Waals surface area contributed by atoms with Crippen LogP contribution in [0.1, 0.15) is 26.5 Å². The SMILES string of the molecule is CC(C)COCC(C)NCc1ccnn1C. The number of hydrogen-bond donors (Lipinski definition) is 1. The lowest BCUT2D eigenvalue weighted by molar-refractivity contribution is 0.0934. The van der Waals surface area contributed by atoms with Crippen LogP contribution in [-0.4, -0.2) is 29.0 Å². The predicted molar refractivity (Wildman–Crippen MR) is 65.2 cm³/mol. The number of ether oxygens (including phenoxy) is 1. The molecule has 1 heterocycles. The van der Waals surface area contributed by atoms with Crippen LogP contribution in [0.4, 0.5) is 0 Å². The Labute approximate surface area is 98.0 Å². The molecule has 0 saturated heterocycles. The van der Waals surface area contributed by atoms with Crippen LogP contribution in [0, 0.1) is 5.92 Å². The van der Waals surface area contributed by atoms with E-state index in [0.29, 0.717) is 12.0 Å². The van der Waals surface area contributed by atoms with E-state index >= 15 is 0 Å². The molecule has 1 rings (SSSR count). The average Bonchev–Trinajstić information content (AvgIpc) is 2.60. The topological polar surface area (TPSA) is 39.1 Å². The van der Waals surface area contributed by atoms with E-state index in [4.69, 9.17) is 4.74 Å². The van der Waals surface area contributed by atoms with Gasteiger partial charge in [-0.05, 0) is 18.9 Å². The normalized spacial score (nSPS) is 13.3. The Balaban J connectivity index is 2.15. The molecule has 0 aromatic carbocycles. The molecular formula is C12H23N3O. The molecular weight excluding hydrogens is 202 g/mol. The van der Waals surface area contributed by atoms with Crippen molar-refractivity contribution in [2.75, 3.05) is 13.2 Å². The maximum absolute atomic E-state index is 5.57. The molecule has 0 saturated carbocycles. The summed E-state index contributed by atoms with van der Waals surface area (Å²) in [5.74, 6) is 0.601. The first-order chi connectivity index (χ1) is 7.59. The number of nitrogens with one attached hydrogen (secondary N) is 1. The second-order valence-electron chi connectivity index (χ2n) is 4.66. The molecule has 0 amide bonds. The fourth-order valence-corrected chi connectivity index (χ4v) is 1.39. The zero-order valence-electron chi connectivity index (χ0n) is 10.7. The highest BCUT2D eigenvalue weighted by molar-refractivity contribution is 4.99. The number of rotatable bonds is 7. The fraction of sp³-hybridized carbons (Fsp3) is 0.750. The standard InChI is InChI=1S/C12H23N3O/c1-10(2)8-16-9-11(3)13-7-12-5-6-14-15(12)4/h5-6,10-11,13H,7-9H2,1-4H3. The van der Waals surface area contributed by atoms with Gasteiger partial charge in [-0.15, -0.1) is 0 Å².